The van der Waals surface area contributed by atoms with Crippen molar-refractivity contribution in [2.75, 3.05) is 25.6 Å². The Morgan fingerprint density at radius 3 is 2.30 bits per heavy atom. The molecule has 0 saturated heterocycles. The SMILES string of the molecule is COCCNC(=O)c1cccc(C(=O)Nc2ccc(C)cc2)c1. The first kappa shape index (κ1) is 16.7. The molecule has 0 aliphatic rings. The van der Waals surface area contributed by atoms with Crippen LogP contribution in [0.25, 0.3) is 0 Å². The molecule has 2 aromatic carbocycles. The molecular weight excluding hydrogens is 292 g/mol. The monoisotopic (exact) mass is 312 g/mol. The summed E-state index contributed by atoms with van der Waals surface area (Å²) < 4.78 is 4.89. The van der Waals surface area contributed by atoms with Crippen LogP contribution >= 0.6 is 0 Å². The summed E-state index contributed by atoms with van der Waals surface area (Å²) >= 11 is 0. The maximum Gasteiger partial charge on any atom is 0.255 e. The zero-order valence-corrected chi connectivity index (χ0v) is 13.3. The number of anilines is 1. The molecule has 0 aliphatic heterocycles. The summed E-state index contributed by atoms with van der Waals surface area (Å²) in [5.41, 5.74) is 2.72. The smallest absolute Gasteiger partial charge is 0.255 e. The van der Waals surface area contributed by atoms with Crippen molar-refractivity contribution in [3.63, 3.8) is 0 Å². The van der Waals surface area contributed by atoms with Crippen LogP contribution in [0.3, 0.4) is 0 Å². The average Bonchev–Trinajstić information content (AvgIpc) is 2.57. The van der Waals surface area contributed by atoms with Crippen LogP contribution in [-0.2, 0) is 4.74 Å². The summed E-state index contributed by atoms with van der Waals surface area (Å²) in [6, 6.07) is 14.1. The molecule has 2 rings (SSSR count). The molecule has 0 spiro atoms. The largest absolute Gasteiger partial charge is 0.383 e. The third-order valence-electron chi connectivity index (χ3n) is 3.29. The van der Waals surface area contributed by atoms with Gasteiger partial charge in [0.2, 0.25) is 0 Å². The molecule has 0 unspecified atom stereocenters. The predicted octanol–water partition coefficient (Wildman–Crippen LogP) is 2.62. The molecule has 0 aromatic heterocycles. The van der Waals surface area contributed by atoms with E-state index in [1.165, 1.54) is 0 Å². The van der Waals surface area contributed by atoms with Gasteiger partial charge in [-0.3, -0.25) is 9.59 Å². The topological polar surface area (TPSA) is 67.4 Å². The van der Waals surface area contributed by atoms with Gasteiger partial charge in [-0.05, 0) is 37.3 Å². The van der Waals surface area contributed by atoms with E-state index in [0.717, 1.165) is 11.3 Å². The van der Waals surface area contributed by atoms with Crippen LogP contribution in [0.2, 0.25) is 0 Å². The van der Waals surface area contributed by atoms with Crippen molar-refractivity contribution in [3.8, 4) is 0 Å². The molecule has 0 saturated carbocycles. The van der Waals surface area contributed by atoms with Gasteiger partial charge in [0.05, 0.1) is 6.61 Å². The van der Waals surface area contributed by atoms with Crippen molar-refractivity contribution in [1.82, 2.24) is 5.32 Å². The number of nitrogens with one attached hydrogen (secondary N) is 2. The number of ether oxygens (including phenoxy) is 1. The van der Waals surface area contributed by atoms with E-state index in [4.69, 9.17) is 4.74 Å². The van der Waals surface area contributed by atoms with Gasteiger partial charge in [-0.2, -0.15) is 0 Å². The van der Waals surface area contributed by atoms with E-state index in [9.17, 15) is 9.59 Å². The molecule has 0 bridgehead atoms. The zero-order chi connectivity index (χ0) is 16.7. The summed E-state index contributed by atoms with van der Waals surface area (Å²) in [6.45, 7) is 2.85. The predicted molar refractivity (Wildman–Crippen MR) is 89.8 cm³/mol. The standard InChI is InChI=1S/C18H20N2O3/c1-13-6-8-16(9-7-13)20-18(22)15-5-3-4-14(12-15)17(21)19-10-11-23-2/h3-9,12H,10-11H2,1-2H3,(H,19,21)(H,20,22). The van der Waals surface area contributed by atoms with Gasteiger partial charge in [-0.1, -0.05) is 23.8 Å². The number of methoxy groups -OCH3 is 1. The minimum absolute atomic E-state index is 0.230. The van der Waals surface area contributed by atoms with Crippen molar-refractivity contribution in [2.24, 2.45) is 0 Å². The third kappa shape index (κ3) is 4.93. The fraction of sp³-hybridized carbons (Fsp3) is 0.222. The quantitative estimate of drug-likeness (QED) is 0.806. The Bertz CT molecular complexity index is 681. The van der Waals surface area contributed by atoms with Crippen LogP contribution in [0.1, 0.15) is 26.3 Å². The number of amides is 2. The third-order valence-corrected chi connectivity index (χ3v) is 3.29. The highest BCUT2D eigenvalue weighted by atomic mass is 16.5. The lowest BCUT2D eigenvalue weighted by atomic mass is 10.1. The van der Waals surface area contributed by atoms with Gasteiger partial charge in [0.15, 0.2) is 0 Å². The van der Waals surface area contributed by atoms with Crippen molar-refractivity contribution >= 4 is 17.5 Å². The molecule has 0 aliphatic carbocycles. The minimum Gasteiger partial charge on any atom is -0.383 e. The Kier molecular flexibility index (Phi) is 5.88. The van der Waals surface area contributed by atoms with E-state index in [1.807, 2.05) is 31.2 Å². The van der Waals surface area contributed by atoms with E-state index >= 15 is 0 Å². The second-order valence-corrected chi connectivity index (χ2v) is 5.15. The molecule has 0 fully saturated rings. The molecule has 2 N–H and O–H groups in total. The van der Waals surface area contributed by atoms with Crippen LogP contribution in [0.5, 0.6) is 0 Å². The van der Waals surface area contributed by atoms with Crippen LogP contribution in [0.15, 0.2) is 48.5 Å². The van der Waals surface area contributed by atoms with E-state index in [2.05, 4.69) is 10.6 Å². The van der Waals surface area contributed by atoms with E-state index in [1.54, 1.807) is 31.4 Å². The molecule has 0 heterocycles. The number of carbonyl (C=O) groups is 2. The van der Waals surface area contributed by atoms with E-state index in [-0.39, 0.29) is 11.8 Å². The zero-order valence-electron chi connectivity index (χ0n) is 13.3. The molecule has 0 atom stereocenters. The van der Waals surface area contributed by atoms with E-state index in [0.29, 0.717) is 24.3 Å². The van der Waals surface area contributed by atoms with Gasteiger partial charge in [-0.15, -0.1) is 0 Å². The summed E-state index contributed by atoms with van der Waals surface area (Å²) in [4.78, 5) is 24.3. The van der Waals surface area contributed by atoms with Gasteiger partial charge < -0.3 is 15.4 Å². The van der Waals surface area contributed by atoms with Crippen LogP contribution < -0.4 is 10.6 Å². The molecule has 5 nitrogen and oxygen atoms in total. The molecular formula is C18H20N2O3. The summed E-state index contributed by atoms with van der Waals surface area (Å²) in [5, 5.41) is 5.54. The molecule has 0 radical (unpaired) electrons. The van der Waals surface area contributed by atoms with Crippen LogP contribution in [0.4, 0.5) is 5.69 Å². The van der Waals surface area contributed by atoms with Gasteiger partial charge in [0.1, 0.15) is 0 Å². The van der Waals surface area contributed by atoms with Crippen molar-refractivity contribution < 1.29 is 14.3 Å². The minimum atomic E-state index is -0.250. The Morgan fingerprint density at radius 1 is 1.00 bits per heavy atom. The van der Waals surface area contributed by atoms with Gasteiger partial charge in [0.25, 0.3) is 11.8 Å². The Labute approximate surface area is 135 Å². The van der Waals surface area contributed by atoms with Crippen LogP contribution in [0, 0.1) is 6.92 Å². The second-order valence-electron chi connectivity index (χ2n) is 5.15. The maximum absolute atomic E-state index is 12.3. The van der Waals surface area contributed by atoms with Gasteiger partial charge in [-0.25, -0.2) is 0 Å². The highest BCUT2D eigenvalue weighted by molar-refractivity contribution is 6.06. The lowest BCUT2D eigenvalue weighted by Crippen LogP contribution is -2.27. The molecule has 2 aromatic rings. The lowest BCUT2D eigenvalue weighted by molar-refractivity contribution is 0.0937. The lowest BCUT2D eigenvalue weighted by Gasteiger charge is -2.08. The average molecular weight is 312 g/mol. The van der Waals surface area contributed by atoms with Gasteiger partial charge >= 0.3 is 0 Å². The normalized spacial score (nSPS) is 10.2. The van der Waals surface area contributed by atoms with Crippen molar-refractivity contribution in [3.05, 3.63) is 65.2 Å². The van der Waals surface area contributed by atoms with Crippen molar-refractivity contribution in [2.45, 2.75) is 6.92 Å². The number of carbonyl (C=O) groups excluding carboxylic acids is 2. The van der Waals surface area contributed by atoms with Gasteiger partial charge in [0, 0.05) is 30.5 Å². The summed E-state index contributed by atoms with van der Waals surface area (Å²) in [6.07, 6.45) is 0. The molecule has 23 heavy (non-hydrogen) atoms. The number of benzene rings is 2. The number of rotatable bonds is 6. The fourth-order valence-electron chi connectivity index (χ4n) is 2.01. The molecule has 5 heteroatoms. The summed E-state index contributed by atoms with van der Waals surface area (Å²) in [5.74, 6) is -0.479. The first-order chi connectivity index (χ1) is 11.1. The maximum atomic E-state index is 12.3. The molecule has 120 valence electrons. The number of aryl methyl sites for hydroxylation is 1. The Balaban J connectivity index is 2.04. The highest BCUT2D eigenvalue weighted by Gasteiger charge is 2.10. The second kappa shape index (κ2) is 8.10. The number of hydrogen-bond acceptors (Lipinski definition) is 3. The first-order valence-corrected chi connectivity index (χ1v) is 7.35. The Morgan fingerprint density at radius 2 is 1.65 bits per heavy atom. The van der Waals surface area contributed by atoms with E-state index < -0.39 is 0 Å². The van der Waals surface area contributed by atoms with Crippen LogP contribution in [-0.4, -0.2) is 32.1 Å². The molecule has 2 amide bonds. The highest BCUT2D eigenvalue weighted by Crippen LogP contribution is 2.12. The first-order valence-electron chi connectivity index (χ1n) is 7.35. The summed E-state index contributed by atoms with van der Waals surface area (Å²) in [7, 11) is 1.57. The fourth-order valence-corrected chi connectivity index (χ4v) is 2.01. The number of hydrogen-bond donors (Lipinski definition) is 2. The Hall–Kier alpha value is -2.66. The van der Waals surface area contributed by atoms with Crippen molar-refractivity contribution in [1.29, 1.82) is 0 Å².